The van der Waals surface area contributed by atoms with Gasteiger partial charge in [-0.3, -0.25) is 0 Å². The summed E-state index contributed by atoms with van der Waals surface area (Å²) in [5, 5.41) is 9.33. The summed E-state index contributed by atoms with van der Waals surface area (Å²) in [4.78, 5) is 40.6. The highest BCUT2D eigenvalue weighted by Crippen LogP contribution is 2.48. The van der Waals surface area contributed by atoms with E-state index in [9.17, 15) is 32.8 Å². The van der Waals surface area contributed by atoms with Crippen LogP contribution in [0.3, 0.4) is 0 Å². The summed E-state index contributed by atoms with van der Waals surface area (Å²) in [5.41, 5.74) is -0.331. The van der Waals surface area contributed by atoms with Gasteiger partial charge in [0.1, 0.15) is 0 Å². The lowest BCUT2D eigenvalue weighted by Crippen LogP contribution is -2.65. The van der Waals surface area contributed by atoms with Crippen LogP contribution in [0, 0.1) is 11.3 Å². The Balaban J connectivity index is 1.18. The minimum Gasteiger partial charge on any atom is -0.432 e. The van der Waals surface area contributed by atoms with Crippen LogP contribution in [0.5, 0.6) is 0 Å². The molecule has 1 amide bonds. The Morgan fingerprint density at radius 3 is 2.34 bits per heavy atom. The van der Waals surface area contributed by atoms with E-state index in [0.29, 0.717) is 54.9 Å². The number of likely N-dealkylation sites (N-methyl/N-ethyl adjacent to an activating group) is 1. The Morgan fingerprint density at radius 2 is 1.70 bits per heavy atom. The van der Waals surface area contributed by atoms with Crippen molar-refractivity contribution in [2.45, 2.75) is 50.5 Å². The Bertz CT molecular complexity index is 1490. The third kappa shape index (κ3) is 6.00. The number of rotatable bonds is 8. The number of hydrogen-bond acceptors (Lipinski definition) is 9. The van der Waals surface area contributed by atoms with Crippen LogP contribution in [0.15, 0.2) is 54.6 Å². The van der Waals surface area contributed by atoms with Crippen LogP contribution >= 0.6 is 0 Å². The summed E-state index contributed by atoms with van der Waals surface area (Å²) in [7, 11) is 0. The van der Waals surface area contributed by atoms with Crippen LogP contribution in [0.1, 0.15) is 42.9 Å². The van der Waals surface area contributed by atoms with Crippen molar-refractivity contribution in [2.24, 2.45) is 0 Å². The monoisotopic (exact) mass is 613 g/mol. The van der Waals surface area contributed by atoms with Gasteiger partial charge in [0, 0.05) is 57.8 Å². The molecule has 5 rings (SSSR count). The topological polar surface area (TPSA) is 118 Å². The van der Waals surface area contributed by atoms with Crippen molar-refractivity contribution in [3.05, 3.63) is 71.3 Å². The zero-order chi connectivity index (χ0) is 31.5. The van der Waals surface area contributed by atoms with E-state index >= 15 is 0 Å². The van der Waals surface area contributed by atoms with Gasteiger partial charge in [-0.25, -0.2) is 19.3 Å². The van der Waals surface area contributed by atoms with Crippen molar-refractivity contribution in [1.29, 1.82) is 5.26 Å². The molecule has 0 radical (unpaired) electrons. The molecule has 0 bridgehead atoms. The fraction of sp³-hybridized carbons (Fsp3) is 0.419. The molecule has 232 valence electrons. The maximum absolute atomic E-state index is 13.3. The highest BCUT2D eigenvalue weighted by atomic mass is 19.4. The second kappa shape index (κ2) is 12.3. The van der Waals surface area contributed by atoms with E-state index in [1.54, 1.807) is 31.2 Å². The summed E-state index contributed by atoms with van der Waals surface area (Å²) in [6, 6.07) is 11.8. The summed E-state index contributed by atoms with van der Waals surface area (Å²) in [6.07, 6.45) is -2.19. The lowest BCUT2D eigenvalue weighted by molar-refractivity contribution is -0.312. The summed E-state index contributed by atoms with van der Waals surface area (Å²) in [6.45, 7) is 3.80. The minimum absolute atomic E-state index is 0.0942. The first kappa shape index (κ1) is 31.0. The van der Waals surface area contributed by atoms with E-state index in [0.717, 1.165) is 29.2 Å². The number of carbonyl (C=O) groups excluding carboxylic acids is 3. The fourth-order valence-electron chi connectivity index (χ4n) is 5.82. The van der Waals surface area contributed by atoms with Gasteiger partial charge in [0.25, 0.3) is 0 Å². The number of piperidine rings is 1. The molecule has 3 aliphatic rings. The van der Waals surface area contributed by atoms with Gasteiger partial charge >= 0.3 is 30.1 Å². The second-order valence-corrected chi connectivity index (χ2v) is 10.7. The van der Waals surface area contributed by atoms with Crippen molar-refractivity contribution in [3.8, 4) is 17.2 Å². The molecule has 44 heavy (non-hydrogen) atoms. The van der Waals surface area contributed by atoms with Crippen molar-refractivity contribution in [2.75, 3.05) is 32.8 Å². The molecule has 3 aliphatic heterocycles. The van der Waals surface area contributed by atoms with Crippen molar-refractivity contribution >= 4 is 18.0 Å². The molecule has 0 saturated carbocycles. The van der Waals surface area contributed by atoms with Gasteiger partial charge in [-0.2, -0.15) is 18.4 Å². The number of benzene rings is 2. The third-order valence-corrected chi connectivity index (χ3v) is 8.01. The number of amides is 1. The smallest absolute Gasteiger partial charge is 0.416 e. The van der Waals surface area contributed by atoms with Gasteiger partial charge in [-0.1, -0.05) is 18.2 Å². The number of ether oxygens (including phenoxy) is 4. The number of nitriles is 1. The zero-order valence-corrected chi connectivity index (χ0v) is 23.9. The molecule has 2 fully saturated rings. The first-order valence-electron chi connectivity index (χ1n) is 14.2. The number of halogens is 3. The maximum atomic E-state index is 13.3. The quantitative estimate of drug-likeness (QED) is 0.307. The van der Waals surface area contributed by atoms with Gasteiger partial charge < -0.3 is 23.8 Å². The van der Waals surface area contributed by atoms with Gasteiger partial charge in [-0.15, -0.1) is 0 Å². The standard InChI is InChI=1S/C31H30F3N3O7/c1-2-37-28(40)44-29(31(37)42-26(38)9-10-27(39)43-31)11-14-36(15-12-29)13-4-16-41-20-23-8-7-21(19-35)17-25(23)22-5-3-6-24(18-22)30(32,33)34/h3,5-10,17-18H,2,4,11-16,20H2,1H3. The van der Waals surface area contributed by atoms with Gasteiger partial charge in [-0.05, 0) is 54.3 Å². The number of fused-ring (bicyclic) bond motifs is 1. The first-order chi connectivity index (χ1) is 21.0. The summed E-state index contributed by atoms with van der Waals surface area (Å²) in [5.74, 6) is -3.63. The van der Waals surface area contributed by atoms with Crippen molar-refractivity contribution in [3.63, 3.8) is 0 Å². The molecule has 0 atom stereocenters. The van der Waals surface area contributed by atoms with E-state index < -0.39 is 41.3 Å². The number of esters is 2. The second-order valence-electron chi connectivity index (χ2n) is 10.7. The predicted molar refractivity (Wildman–Crippen MR) is 147 cm³/mol. The van der Waals surface area contributed by atoms with E-state index in [4.69, 9.17) is 18.9 Å². The van der Waals surface area contributed by atoms with Crippen LogP contribution in [-0.4, -0.2) is 72.1 Å². The molecule has 0 aromatic heterocycles. The minimum atomic E-state index is -4.50. The molecular weight excluding hydrogens is 583 g/mol. The van der Waals surface area contributed by atoms with Crippen LogP contribution in [0.4, 0.5) is 18.0 Å². The molecule has 3 heterocycles. The number of likely N-dealkylation sites (tertiary alicyclic amines) is 1. The third-order valence-electron chi connectivity index (χ3n) is 8.01. The van der Waals surface area contributed by atoms with Gasteiger partial charge in [0.05, 0.1) is 23.8 Å². The van der Waals surface area contributed by atoms with E-state index in [2.05, 4.69) is 4.90 Å². The Hall–Kier alpha value is -4.41. The Labute approximate surface area is 251 Å². The van der Waals surface area contributed by atoms with E-state index in [1.165, 1.54) is 6.07 Å². The molecular formula is C31H30F3N3O7. The number of alkyl halides is 3. The highest BCUT2D eigenvalue weighted by Gasteiger charge is 2.72. The van der Waals surface area contributed by atoms with Gasteiger partial charge in [0.15, 0.2) is 0 Å². The van der Waals surface area contributed by atoms with Crippen LogP contribution in [0.25, 0.3) is 11.1 Å². The average molecular weight is 614 g/mol. The predicted octanol–water partition coefficient (Wildman–Crippen LogP) is 4.77. The molecule has 0 unspecified atom stereocenters. The zero-order valence-electron chi connectivity index (χ0n) is 23.9. The van der Waals surface area contributed by atoms with Gasteiger partial charge in [0.2, 0.25) is 5.60 Å². The van der Waals surface area contributed by atoms with E-state index in [1.807, 2.05) is 6.07 Å². The van der Waals surface area contributed by atoms with Crippen molar-refractivity contribution in [1.82, 2.24) is 9.80 Å². The lowest BCUT2D eigenvalue weighted by Gasteiger charge is -2.45. The number of hydrogen-bond donors (Lipinski definition) is 0. The lowest BCUT2D eigenvalue weighted by atomic mass is 9.86. The molecule has 10 nitrogen and oxygen atoms in total. The normalized spacial score (nSPS) is 19.4. The van der Waals surface area contributed by atoms with Crippen LogP contribution in [0.2, 0.25) is 0 Å². The van der Waals surface area contributed by atoms with Crippen LogP contribution in [-0.2, 0) is 41.3 Å². The number of nitrogens with zero attached hydrogens (tertiary/aromatic N) is 3. The first-order valence-corrected chi connectivity index (χ1v) is 14.2. The molecule has 2 spiro atoms. The SMILES string of the molecule is CCN1C(=O)OC2(CCN(CCCOCc3ccc(C#N)cc3-c3cccc(C(F)(F)F)c3)CC2)C12OC(=O)C=CC(=O)O2. The molecule has 2 saturated heterocycles. The van der Waals surface area contributed by atoms with Crippen LogP contribution < -0.4 is 0 Å². The highest BCUT2D eigenvalue weighted by molar-refractivity contribution is 5.94. The molecule has 0 aliphatic carbocycles. The number of carbonyl (C=O) groups is 3. The molecule has 2 aromatic carbocycles. The Morgan fingerprint density at radius 1 is 1.00 bits per heavy atom. The van der Waals surface area contributed by atoms with E-state index in [-0.39, 0.29) is 26.0 Å². The average Bonchev–Trinajstić information content (AvgIpc) is 3.09. The summed E-state index contributed by atoms with van der Waals surface area (Å²) < 4.78 is 62.7. The largest absolute Gasteiger partial charge is 0.432 e. The molecule has 0 N–H and O–H groups in total. The molecule has 2 aromatic rings. The maximum Gasteiger partial charge on any atom is 0.416 e. The van der Waals surface area contributed by atoms with Crippen molar-refractivity contribution < 1.29 is 46.5 Å². The molecule has 13 heteroatoms. The fourth-order valence-corrected chi connectivity index (χ4v) is 5.82. The summed E-state index contributed by atoms with van der Waals surface area (Å²) >= 11 is 0. The Kier molecular flexibility index (Phi) is 8.67.